The summed E-state index contributed by atoms with van der Waals surface area (Å²) in [5, 5.41) is 33.5. The Kier molecular flexibility index (Phi) is 8.89. The maximum absolute atomic E-state index is 11.1. The molecule has 11 nitrogen and oxygen atoms in total. The first-order valence-corrected chi connectivity index (χ1v) is 16.6. The molecule has 0 amide bonds. The Morgan fingerprint density at radius 3 is 2.62 bits per heavy atom. The molecule has 0 saturated carbocycles. The lowest BCUT2D eigenvalue weighted by atomic mass is 9.93. The molecule has 7 rings (SSSR count). The number of hydrogen-bond donors (Lipinski definition) is 3. The largest absolute Gasteiger partial charge is 0.481 e. The zero-order valence-corrected chi connectivity index (χ0v) is 28.1. The molecule has 1 aliphatic heterocycles. The average Bonchev–Trinajstić information content (AvgIpc) is 3.73. The van der Waals surface area contributed by atoms with Gasteiger partial charge in [0.1, 0.15) is 17.1 Å². The van der Waals surface area contributed by atoms with Crippen LogP contribution in [0.2, 0.25) is 0 Å². The quantitative estimate of drug-likeness (QED) is 0.141. The van der Waals surface area contributed by atoms with Crippen molar-refractivity contribution in [1.29, 1.82) is 5.26 Å². The molecular formula is C39H37N7O4. The van der Waals surface area contributed by atoms with Gasteiger partial charge in [-0.3, -0.25) is 14.7 Å². The van der Waals surface area contributed by atoms with Crippen molar-refractivity contribution < 1.29 is 19.4 Å². The summed E-state index contributed by atoms with van der Waals surface area (Å²) in [5.74, 6) is 0.185. The Labute approximate surface area is 289 Å². The summed E-state index contributed by atoms with van der Waals surface area (Å²) < 4.78 is 6.22. The van der Waals surface area contributed by atoms with Crippen LogP contribution in [0.4, 0.5) is 17.2 Å². The molecule has 3 N–H and O–H groups in total. The smallest absolute Gasteiger partial charge is 0.305 e. The Bertz CT molecular complexity index is 2290. The molecule has 3 aromatic heterocycles. The number of aliphatic hydroxyl groups excluding tert-OH is 1. The number of nitrogens with zero attached hydrogens (tertiary/aromatic N) is 6. The predicted octanol–water partition coefficient (Wildman–Crippen LogP) is 6.81. The lowest BCUT2D eigenvalue weighted by Gasteiger charge is -2.18. The van der Waals surface area contributed by atoms with Gasteiger partial charge in [0.05, 0.1) is 18.1 Å². The molecule has 11 heteroatoms. The Balaban J connectivity index is 1.18. The minimum Gasteiger partial charge on any atom is -0.481 e. The fourth-order valence-corrected chi connectivity index (χ4v) is 6.68. The third-order valence-electron chi connectivity index (χ3n) is 9.45. The number of hydrogen-bond acceptors (Lipinski definition) is 10. The van der Waals surface area contributed by atoms with Gasteiger partial charge < -0.3 is 24.8 Å². The highest BCUT2D eigenvalue weighted by atomic mass is 16.4. The number of nitriles is 1. The minimum atomic E-state index is -0.888. The fourth-order valence-electron chi connectivity index (χ4n) is 6.68. The number of rotatable bonds is 10. The molecule has 252 valence electrons. The summed E-state index contributed by atoms with van der Waals surface area (Å²) in [6.07, 6.45) is 4.21. The van der Waals surface area contributed by atoms with Gasteiger partial charge in [0.25, 0.3) is 0 Å². The van der Waals surface area contributed by atoms with Crippen LogP contribution >= 0.6 is 0 Å². The zero-order valence-electron chi connectivity index (χ0n) is 28.1. The molecule has 4 heterocycles. The SMILES string of the molecule is Cc1c(Nc2nccc3cc(CN4CC[C@@H](O)C4)cnc23)cccc1-c1cccc(-c2nc3cc(N(C)CCC(=O)O)cc(C#N)c3o2)c1C. The van der Waals surface area contributed by atoms with Crippen molar-refractivity contribution in [2.75, 3.05) is 36.9 Å². The Morgan fingerprint density at radius 1 is 1.08 bits per heavy atom. The molecule has 1 saturated heterocycles. The molecule has 50 heavy (non-hydrogen) atoms. The number of carboxylic acids is 1. The second-order valence-corrected chi connectivity index (χ2v) is 12.9. The van der Waals surface area contributed by atoms with Crippen molar-refractivity contribution in [3.63, 3.8) is 0 Å². The summed E-state index contributed by atoms with van der Waals surface area (Å²) in [6, 6.07) is 22.0. The molecule has 6 aromatic rings. The zero-order chi connectivity index (χ0) is 34.9. The number of carboxylic acid groups (broad SMARTS) is 1. The second-order valence-electron chi connectivity index (χ2n) is 12.9. The molecule has 1 fully saturated rings. The molecule has 1 atom stereocenters. The third-order valence-corrected chi connectivity index (χ3v) is 9.45. The maximum Gasteiger partial charge on any atom is 0.305 e. The number of pyridine rings is 2. The summed E-state index contributed by atoms with van der Waals surface area (Å²) in [5.41, 5.74) is 9.60. The summed E-state index contributed by atoms with van der Waals surface area (Å²) in [6.45, 7) is 6.72. The topological polar surface area (TPSA) is 152 Å². The molecule has 0 unspecified atom stereocenters. The standard InChI is InChI=1S/C39H37N7O4/c1-23-30(6-4-8-32(23)39-44-34-18-28(45(3)14-12-35(48)49)17-27(19-40)37(34)50-39)31-7-5-9-33(24(31)2)43-38-36-26(10-13-41-38)16-25(20-42-36)21-46-15-11-29(47)22-46/h4-10,13,16-18,20,29,47H,11-12,14-15,21-22H2,1-3H3,(H,41,43)(H,48,49)/t29-/m1/s1. The van der Waals surface area contributed by atoms with E-state index in [9.17, 15) is 15.2 Å². The normalized spacial score (nSPS) is 14.7. The van der Waals surface area contributed by atoms with Gasteiger partial charge >= 0.3 is 5.97 Å². The van der Waals surface area contributed by atoms with E-state index in [1.54, 1.807) is 24.2 Å². The van der Waals surface area contributed by atoms with E-state index in [2.05, 4.69) is 46.4 Å². The van der Waals surface area contributed by atoms with Gasteiger partial charge in [-0.15, -0.1) is 0 Å². The number of oxazole rings is 1. The lowest BCUT2D eigenvalue weighted by molar-refractivity contribution is -0.136. The molecule has 0 spiro atoms. The van der Waals surface area contributed by atoms with Crippen molar-refractivity contribution in [2.45, 2.75) is 39.3 Å². The number of aliphatic hydroxyl groups is 1. The van der Waals surface area contributed by atoms with Crippen molar-refractivity contribution in [1.82, 2.24) is 19.9 Å². The van der Waals surface area contributed by atoms with E-state index in [-0.39, 0.29) is 12.5 Å². The van der Waals surface area contributed by atoms with Gasteiger partial charge in [-0.25, -0.2) is 9.97 Å². The summed E-state index contributed by atoms with van der Waals surface area (Å²) in [7, 11) is 1.79. The van der Waals surface area contributed by atoms with E-state index in [0.717, 1.165) is 69.5 Å². The monoisotopic (exact) mass is 667 g/mol. The maximum atomic E-state index is 11.1. The number of fused-ring (bicyclic) bond motifs is 2. The van der Waals surface area contributed by atoms with Gasteiger partial charge in [0.15, 0.2) is 11.4 Å². The van der Waals surface area contributed by atoms with Crippen LogP contribution in [0.5, 0.6) is 0 Å². The number of anilines is 3. The van der Waals surface area contributed by atoms with Crippen LogP contribution in [0.25, 0.3) is 44.6 Å². The minimum absolute atomic E-state index is 0.0230. The number of carbonyl (C=O) groups is 1. The number of β-amino-alcohol motifs (C(OH)–C–C–N with tert-alkyl or cyclic N) is 1. The first-order valence-electron chi connectivity index (χ1n) is 16.6. The first-order chi connectivity index (χ1) is 24.2. The van der Waals surface area contributed by atoms with Crippen LogP contribution in [0.1, 0.15) is 35.1 Å². The highest BCUT2D eigenvalue weighted by Gasteiger charge is 2.21. The van der Waals surface area contributed by atoms with E-state index >= 15 is 0 Å². The van der Waals surface area contributed by atoms with Crippen LogP contribution < -0.4 is 10.2 Å². The van der Waals surface area contributed by atoms with Crippen molar-refractivity contribution in [3.05, 3.63) is 95.3 Å². The summed E-state index contributed by atoms with van der Waals surface area (Å²) >= 11 is 0. The van der Waals surface area contributed by atoms with Crippen LogP contribution in [0.3, 0.4) is 0 Å². The van der Waals surface area contributed by atoms with Gasteiger partial charge in [0.2, 0.25) is 5.89 Å². The Morgan fingerprint density at radius 2 is 1.86 bits per heavy atom. The number of aromatic nitrogens is 3. The predicted molar refractivity (Wildman–Crippen MR) is 193 cm³/mol. The van der Waals surface area contributed by atoms with E-state index in [4.69, 9.17) is 19.5 Å². The van der Waals surface area contributed by atoms with Crippen LogP contribution in [0, 0.1) is 25.2 Å². The average molecular weight is 668 g/mol. The van der Waals surface area contributed by atoms with E-state index < -0.39 is 5.97 Å². The van der Waals surface area contributed by atoms with Gasteiger partial charge in [-0.2, -0.15) is 5.26 Å². The number of benzene rings is 3. The molecule has 3 aromatic carbocycles. The number of likely N-dealkylation sites (tertiary alicyclic amines) is 1. The van der Waals surface area contributed by atoms with Gasteiger partial charge in [-0.1, -0.05) is 24.3 Å². The van der Waals surface area contributed by atoms with Crippen molar-refractivity contribution in [3.8, 4) is 28.7 Å². The molecule has 0 aliphatic carbocycles. The third kappa shape index (κ3) is 6.46. The van der Waals surface area contributed by atoms with Crippen molar-refractivity contribution in [2.24, 2.45) is 0 Å². The number of aliphatic carboxylic acids is 1. The van der Waals surface area contributed by atoms with Crippen LogP contribution in [-0.2, 0) is 11.3 Å². The molecule has 1 aliphatic rings. The van der Waals surface area contributed by atoms with E-state index in [1.807, 2.05) is 49.5 Å². The van der Waals surface area contributed by atoms with Gasteiger partial charge in [-0.05, 0) is 84.5 Å². The summed E-state index contributed by atoms with van der Waals surface area (Å²) in [4.78, 5) is 29.4. The second kappa shape index (κ2) is 13.6. The van der Waals surface area contributed by atoms with Crippen LogP contribution in [-0.4, -0.2) is 68.8 Å². The fraction of sp³-hybridized carbons (Fsp3) is 0.256. The van der Waals surface area contributed by atoms with E-state index in [0.29, 0.717) is 47.1 Å². The molecule has 0 bridgehead atoms. The Hall–Kier alpha value is -5.83. The highest BCUT2D eigenvalue weighted by Crippen LogP contribution is 2.38. The van der Waals surface area contributed by atoms with Crippen molar-refractivity contribution >= 4 is 45.2 Å². The van der Waals surface area contributed by atoms with Gasteiger partial charge in [0, 0.05) is 67.9 Å². The number of nitrogens with one attached hydrogen (secondary N) is 1. The first kappa shape index (κ1) is 32.7. The highest BCUT2D eigenvalue weighted by molar-refractivity contribution is 5.91. The molecule has 0 radical (unpaired) electrons. The van der Waals surface area contributed by atoms with E-state index in [1.165, 1.54) is 0 Å². The van der Waals surface area contributed by atoms with Crippen LogP contribution in [0.15, 0.2) is 77.5 Å². The lowest BCUT2D eigenvalue weighted by Crippen LogP contribution is -2.21. The molecular weight excluding hydrogens is 630 g/mol.